The molecule has 0 aliphatic heterocycles. The second kappa shape index (κ2) is 7.80. The Morgan fingerprint density at radius 1 is 1.38 bits per heavy atom. The van der Waals surface area contributed by atoms with E-state index in [2.05, 4.69) is 4.52 Å². The number of carbonyl (C=O) groups excluding carboxylic acids is 1. The first-order valence-electron chi connectivity index (χ1n) is 6.39. The molecule has 1 unspecified atom stereocenters. The number of hydrogen-bond acceptors (Lipinski definition) is 5. The van der Waals surface area contributed by atoms with Crippen molar-refractivity contribution in [2.45, 2.75) is 26.3 Å². The van der Waals surface area contributed by atoms with Gasteiger partial charge in [-0.25, -0.2) is 14.4 Å². The third-order valence-corrected chi connectivity index (χ3v) is 3.27. The topological polar surface area (TPSA) is 76.1 Å². The van der Waals surface area contributed by atoms with Crippen LogP contribution in [-0.4, -0.2) is 24.0 Å². The van der Waals surface area contributed by atoms with Crippen molar-refractivity contribution in [1.82, 2.24) is 0 Å². The smallest absolute Gasteiger partial charge is 0.379 e. The maximum absolute atomic E-state index is 12.1. The molecule has 1 N–H and O–H groups in total. The molecule has 0 fully saturated rings. The van der Waals surface area contributed by atoms with E-state index in [1.165, 1.54) is 12.2 Å². The number of rotatable bonds is 7. The molecule has 0 amide bonds. The van der Waals surface area contributed by atoms with Crippen molar-refractivity contribution in [3.8, 4) is 0 Å². The molecule has 8 heteroatoms. The first-order chi connectivity index (χ1) is 9.74. The van der Waals surface area contributed by atoms with Crippen molar-refractivity contribution in [2.75, 3.05) is 12.2 Å². The number of benzene rings is 1. The summed E-state index contributed by atoms with van der Waals surface area (Å²) in [7, 11) is 1.41. The van der Waals surface area contributed by atoms with E-state index >= 15 is 0 Å². The lowest BCUT2D eigenvalue weighted by atomic mass is 10.0. The molecule has 0 saturated carbocycles. The zero-order valence-electron chi connectivity index (χ0n) is 12.1. The van der Waals surface area contributed by atoms with Crippen LogP contribution in [0, 0.1) is 5.92 Å². The third kappa shape index (κ3) is 6.06. The van der Waals surface area contributed by atoms with E-state index < -0.39 is 19.0 Å². The van der Waals surface area contributed by atoms with Gasteiger partial charge in [-0.3, -0.25) is 4.84 Å². The van der Waals surface area contributed by atoms with E-state index in [1.807, 2.05) is 19.9 Å². The Morgan fingerprint density at radius 2 is 1.95 bits per heavy atom. The predicted octanol–water partition coefficient (Wildman–Crippen LogP) is 3.35. The van der Waals surface area contributed by atoms with Crippen molar-refractivity contribution in [3.05, 3.63) is 30.3 Å². The number of halogens is 1. The summed E-state index contributed by atoms with van der Waals surface area (Å²) in [6.45, 7) is -0.590. The molecule has 0 aliphatic rings. The van der Waals surface area contributed by atoms with Gasteiger partial charge in [-0.2, -0.15) is 0 Å². The monoisotopic (exact) mass is 335 g/mol. The van der Waals surface area contributed by atoms with Crippen molar-refractivity contribution < 1.29 is 23.6 Å². The zero-order valence-corrected chi connectivity index (χ0v) is 13.8. The molecule has 1 aromatic carbocycles. The van der Waals surface area contributed by atoms with Crippen LogP contribution in [0.4, 0.5) is 5.69 Å². The van der Waals surface area contributed by atoms with E-state index in [0.29, 0.717) is 12.1 Å². The molecule has 0 heterocycles. The molecule has 0 spiro atoms. The van der Waals surface area contributed by atoms with Gasteiger partial charge in [0.1, 0.15) is 0 Å². The fraction of sp³-hybridized carbons (Fsp3) is 0.462. The molecule has 6 nitrogen and oxygen atoms in total. The standard InChI is InChI=1S/C13H19ClNO5P/c1-10(2)9-12(13(16)20-21(14,17)18)15(19-3)11-7-5-4-6-8-11/h4-8,10,12H,9H2,1-3H3,(H,17,18)/t12-/m0/s1. The van der Waals surface area contributed by atoms with E-state index in [-0.39, 0.29) is 5.92 Å². The van der Waals surface area contributed by atoms with Gasteiger partial charge in [0.15, 0.2) is 6.04 Å². The summed E-state index contributed by atoms with van der Waals surface area (Å²) in [5.41, 5.74) is 0.630. The van der Waals surface area contributed by atoms with Gasteiger partial charge in [0.25, 0.3) is 0 Å². The Bertz CT molecular complexity index is 505. The van der Waals surface area contributed by atoms with Gasteiger partial charge in [-0.15, -0.1) is 0 Å². The van der Waals surface area contributed by atoms with Crippen LogP contribution in [0.3, 0.4) is 0 Å². The minimum Gasteiger partial charge on any atom is -0.379 e. The summed E-state index contributed by atoms with van der Waals surface area (Å²) in [6.07, 6.45) is 0.373. The normalized spacial score (nSPS) is 15.3. The summed E-state index contributed by atoms with van der Waals surface area (Å²) in [6, 6.07) is 8.03. The summed E-state index contributed by atoms with van der Waals surface area (Å²) in [5.74, 6) is -0.771. The highest BCUT2D eigenvalue weighted by Gasteiger charge is 2.33. The van der Waals surface area contributed by atoms with Crippen LogP contribution in [0.2, 0.25) is 0 Å². The number of hydrogen-bond donors (Lipinski definition) is 1. The Kier molecular flexibility index (Phi) is 6.68. The van der Waals surface area contributed by atoms with Gasteiger partial charge < -0.3 is 9.42 Å². The quantitative estimate of drug-likeness (QED) is 0.608. The second-order valence-electron chi connectivity index (χ2n) is 4.85. The first-order valence-corrected chi connectivity index (χ1v) is 8.87. The highest BCUT2D eigenvalue weighted by atomic mass is 35.7. The fourth-order valence-electron chi connectivity index (χ4n) is 1.89. The number of carbonyl (C=O) groups is 1. The first kappa shape index (κ1) is 18.0. The van der Waals surface area contributed by atoms with Crippen LogP contribution in [0.25, 0.3) is 0 Å². The van der Waals surface area contributed by atoms with E-state index in [4.69, 9.17) is 21.0 Å². The number of nitrogens with zero attached hydrogens (tertiary/aromatic N) is 1. The number of anilines is 1. The molecule has 118 valence electrons. The van der Waals surface area contributed by atoms with Gasteiger partial charge in [0.05, 0.1) is 12.8 Å². The molecule has 2 atom stereocenters. The Morgan fingerprint density at radius 3 is 2.38 bits per heavy atom. The van der Waals surface area contributed by atoms with Crippen molar-refractivity contribution in [2.24, 2.45) is 5.92 Å². The fourth-order valence-corrected chi connectivity index (χ4v) is 2.44. The summed E-state index contributed by atoms with van der Waals surface area (Å²) in [4.78, 5) is 26.4. The molecule has 1 aromatic rings. The van der Waals surface area contributed by atoms with E-state index in [9.17, 15) is 9.36 Å². The van der Waals surface area contributed by atoms with Crippen LogP contribution < -0.4 is 5.06 Å². The third-order valence-electron chi connectivity index (χ3n) is 2.66. The molecule has 1 rings (SSSR count). The Hall–Kier alpha value is -1.07. The minimum absolute atomic E-state index is 0.136. The SMILES string of the molecule is CON(c1ccccc1)[C@@H](CC(C)C)C(=O)OP(=O)(O)Cl. The summed E-state index contributed by atoms with van der Waals surface area (Å²) >= 11 is 5.11. The zero-order chi connectivity index (χ0) is 16.0. The van der Waals surface area contributed by atoms with Crippen LogP contribution in [0.1, 0.15) is 20.3 Å². The van der Waals surface area contributed by atoms with Gasteiger partial charge in [-0.1, -0.05) is 32.0 Å². The highest BCUT2D eigenvalue weighted by Crippen LogP contribution is 2.48. The minimum atomic E-state index is -4.42. The average Bonchev–Trinajstić information content (AvgIpc) is 2.37. The molecule has 0 radical (unpaired) electrons. The van der Waals surface area contributed by atoms with E-state index in [0.717, 1.165) is 0 Å². The van der Waals surface area contributed by atoms with Gasteiger partial charge in [0, 0.05) is 11.2 Å². The lowest BCUT2D eigenvalue weighted by Gasteiger charge is -2.30. The summed E-state index contributed by atoms with van der Waals surface area (Å²) < 4.78 is 15.5. The van der Waals surface area contributed by atoms with Gasteiger partial charge in [-0.05, 0) is 24.5 Å². The molecule has 0 saturated heterocycles. The summed E-state index contributed by atoms with van der Waals surface area (Å²) in [5, 5.41) is 1.34. The van der Waals surface area contributed by atoms with Crippen LogP contribution >= 0.6 is 18.2 Å². The second-order valence-corrected chi connectivity index (χ2v) is 7.22. The van der Waals surface area contributed by atoms with Crippen molar-refractivity contribution in [3.63, 3.8) is 0 Å². The molecular formula is C13H19ClNO5P. The van der Waals surface area contributed by atoms with Crippen molar-refractivity contribution >= 4 is 29.8 Å². The molecule has 0 bridgehead atoms. The maximum atomic E-state index is 12.1. The highest BCUT2D eigenvalue weighted by molar-refractivity contribution is 7.80. The Labute approximate surface area is 128 Å². The maximum Gasteiger partial charge on any atom is 0.476 e. The molecular weight excluding hydrogens is 317 g/mol. The van der Waals surface area contributed by atoms with E-state index in [1.54, 1.807) is 24.3 Å². The number of para-hydroxylation sites is 1. The largest absolute Gasteiger partial charge is 0.476 e. The van der Waals surface area contributed by atoms with Gasteiger partial charge in [0.2, 0.25) is 0 Å². The lowest BCUT2D eigenvalue weighted by Crippen LogP contribution is -2.42. The van der Waals surface area contributed by atoms with Crippen molar-refractivity contribution in [1.29, 1.82) is 0 Å². The average molecular weight is 336 g/mol. The van der Waals surface area contributed by atoms with Crippen LogP contribution in [0.5, 0.6) is 0 Å². The number of hydroxylamine groups is 1. The molecule has 0 aromatic heterocycles. The van der Waals surface area contributed by atoms with Gasteiger partial charge >= 0.3 is 12.9 Å². The molecule has 0 aliphatic carbocycles. The van der Waals surface area contributed by atoms with Crippen LogP contribution in [0.15, 0.2) is 30.3 Å². The van der Waals surface area contributed by atoms with Crippen LogP contribution in [-0.2, 0) is 18.7 Å². The lowest BCUT2D eigenvalue weighted by molar-refractivity contribution is -0.138. The Balaban J connectivity index is 3.04. The predicted molar refractivity (Wildman–Crippen MR) is 80.9 cm³/mol. The molecule has 21 heavy (non-hydrogen) atoms.